The van der Waals surface area contributed by atoms with Gasteiger partial charge in [0, 0.05) is 23.5 Å². The molecule has 1 atom stereocenters. The first kappa shape index (κ1) is 11.9. The number of rotatable bonds is 3. The molecule has 2 aromatic rings. The molecular formula is C13H12ClNO2. The number of ether oxygens (including phenoxy) is 1. The molecular weight excluding hydrogens is 238 g/mol. The molecule has 17 heavy (non-hydrogen) atoms. The normalized spacial score (nSPS) is 12.2. The van der Waals surface area contributed by atoms with Gasteiger partial charge in [-0.05, 0) is 18.2 Å². The zero-order valence-electron chi connectivity index (χ0n) is 9.30. The minimum Gasteiger partial charge on any atom is -0.496 e. The maximum absolute atomic E-state index is 10.3. The zero-order valence-corrected chi connectivity index (χ0v) is 10.1. The third kappa shape index (κ3) is 2.40. The van der Waals surface area contributed by atoms with Gasteiger partial charge in [-0.15, -0.1) is 0 Å². The van der Waals surface area contributed by atoms with Gasteiger partial charge >= 0.3 is 0 Å². The number of aliphatic hydroxyl groups is 1. The van der Waals surface area contributed by atoms with Crippen molar-refractivity contribution in [3.8, 4) is 5.75 Å². The van der Waals surface area contributed by atoms with E-state index in [1.54, 1.807) is 49.8 Å². The molecule has 1 unspecified atom stereocenters. The summed E-state index contributed by atoms with van der Waals surface area (Å²) >= 11 is 6.09. The van der Waals surface area contributed by atoms with Crippen molar-refractivity contribution in [3.05, 3.63) is 58.9 Å². The van der Waals surface area contributed by atoms with Crippen molar-refractivity contribution in [2.45, 2.75) is 6.10 Å². The minimum atomic E-state index is -0.840. The van der Waals surface area contributed by atoms with E-state index in [1.807, 2.05) is 0 Å². The van der Waals surface area contributed by atoms with Gasteiger partial charge in [-0.3, -0.25) is 4.98 Å². The van der Waals surface area contributed by atoms with Crippen molar-refractivity contribution >= 4 is 11.6 Å². The Morgan fingerprint density at radius 3 is 2.76 bits per heavy atom. The molecule has 0 amide bonds. The highest BCUT2D eigenvalue weighted by molar-refractivity contribution is 6.31. The van der Waals surface area contributed by atoms with Crippen LogP contribution in [0.25, 0.3) is 0 Å². The molecule has 3 nitrogen and oxygen atoms in total. The lowest BCUT2D eigenvalue weighted by Crippen LogP contribution is -2.03. The van der Waals surface area contributed by atoms with Crippen LogP contribution in [0.15, 0.2) is 42.7 Å². The molecule has 1 heterocycles. The molecule has 0 aliphatic heterocycles. The van der Waals surface area contributed by atoms with E-state index in [-0.39, 0.29) is 0 Å². The second-order valence-corrected chi connectivity index (χ2v) is 3.95. The predicted octanol–water partition coefficient (Wildman–Crippen LogP) is 2.83. The molecule has 1 aromatic heterocycles. The first-order valence-electron chi connectivity index (χ1n) is 5.14. The first-order chi connectivity index (χ1) is 8.24. The number of nitrogens with zero attached hydrogens (tertiary/aromatic N) is 1. The maximum Gasteiger partial charge on any atom is 0.126 e. The summed E-state index contributed by atoms with van der Waals surface area (Å²) in [5, 5.41) is 10.8. The standard InChI is InChI=1S/C13H12ClNO2/c1-17-11-6-2-5-10(14)12(11)13(16)9-4-3-7-15-8-9/h2-8,13,16H,1H3. The van der Waals surface area contributed by atoms with Gasteiger partial charge in [0.2, 0.25) is 0 Å². The average Bonchev–Trinajstić information content (AvgIpc) is 2.38. The van der Waals surface area contributed by atoms with Crippen LogP contribution in [0.4, 0.5) is 0 Å². The molecule has 0 saturated carbocycles. The number of benzene rings is 1. The van der Waals surface area contributed by atoms with Crippen LogP contribution in [0.1, 0.15) is 17.2 Å². The van der Waals surface area contributed by atoms with Crippen molar-refractivity contribution in [1.29, 1.82) is 0 Å². The summed E-state index contributed by atoms with van der Waals surface area (Å²) in [5.74, 6) is 0.564. The fourth-order valence-electron chi connectivity index (χ4n) is 1.66. The molecule has 2 rings (SSSR count). The van der Waals surface area contributed by atoms with Crippen LogP contribution in [-0.4, -0.2) is 17.2 Å². The van der Waals surface area contributed by atoms with Gasteiger partial charge in [-0.1, -0.05) is 23.7 Å². The summed E-state index contributed by atoms with van der Waals surface area (Å²) < 4.78 is 5.20. The summed E-state index contributed by atoms with van der Waals surface area (Å²) in [6, 6.07) is 8.82. The highest BCUT2D eigenvalue weighted by Gasteiger charge is 2.18. The smallest absolute Gasteiger partial charge is 0.126 e. The number of aliphatic hydroxyl groups excluding tert-OH is 1. The monoisotopic (exact) mass is 249 g/mol. The highest BCUT2D eigenvalue weighted by atomic mass is 35.5. The second kappa shape index (κ2) is 5.17. The van der Waals surface area contributed by atoms with E-state index in [2.05, 4.69) is 4.98 Å². The summed E-state index contributed by atoms with van der Waals surface area (Å²) in [6.07, 6.45) is 2.42. The number of hydrogen-bond donors (Lipinski definition) is 1. The van der Waals surface area contributed by atoms with E-state index in [9.17, 15) is 5.11 Å². The molecule has 0 aliphatic carbocycles. The number of halogens is 1. The second-order valence-electron chi connectivity index (χ2n) is 3.54. The van der Waals surface area contributed by atoms with Gasteiger partial charge < -0.3 is 9.84 Å². The lowest BCUT2D eigenvalue weighted by atomic mass is 10.0. The third-order valence-electron chi connectivity index (χ3n) is 2.51. The molecule has 4 heteroatoms. The van der Waals surface area contributed by atoms with Crippen molar-refractivity contribution in [3.63, 3.8) is 0 Å². The van der Waals surface area contributed by atoms with Crippen LogP contribution in [0.3, 0.4) is 0 Å². The maximum atomic E-state index is 10.3. The van der Waals surface area contributed by atoms with Crippen LogP contribution < -0.4 is 4.74 Å². The van der Waals surface area contributed by atoms with E-state index in [1.165, 1.54) is 0 Å². The summed E-state index contributed by atoms with van der Waals surface area (Å²) in [5.41, 5.74) is 1.24. The zero-order chi connectivity index (χ0) is 12.3. The summed E-state index contributed by atoms with van der Waals surface area (Å²) in [4.78, 5) is 3.97. The van der Waals surface area contributed by atoms with Crippen LogP contribution in [0.2, 0.25) is 5.02 Å². The number of hydrogen-bond acceptors (Lipinski definition) is 3. The van der Waals surface area contributed by atoms with Gasteiger partial charge in [0.15, 0.2) is 0 Å². The molecule has 0 aliphatic rings. The largest absolute Gasteiger partial charge is 0.496 e. The van der Waals surface area contributed by atoms with E-state index in [0.29, 0.717) is 21.9 Å². The molecule has 1 N–H and O–H groups in total. The fraction of sp³-hybridized carbons (Fsp3) is 0.154. The molecule has 1 aromatic carbocycles. The Kier molecular flexibility index (Phi) is 3.61. The Balaban J connectivity index is 2.47. The van der Waals surface area contributed by atoms with Gasteiger partial charge in [-0.2, -0.15) is 0 Å². The summed E-state index contributed by atoms with van der Waals surface area (Å²) in [6.45, 7) is 0. The number of aromatic nitrogens is 1. The Labute approximate surface area is 105 Å². The summed E-state index contributed by atoms with van der Waals surface area (Å²) in [7, 11) is 1.55. The van der Waals surface area contributed by atoms with Crippen molar-refractivity contribution in [1.82, 2.24) is 4.98 Å². The van der Waals surface area contributed by atoms with Crippen molar-refractivity contribution in [2.24, 2.45) is 0 Å². The third-order valence-corrected chi connectivity index (χ3v) is 2.84. The van der Waals surface area contributed by atoms with Gasteiger partial charge in [0.1, 0.15) is 11.9 Å². The van der Waals surface area contributed by atoms with E-state index >= 15 is 0 Å². The minimum absolute atomic E-state index is 0.473. The Morgan fingerprint density at radius 2 is 2.12 bits per heavy atom. The Hall–Kier alpha value is -1.58. The van der Waals surface area contributed by atoms with Crippen molar-refractivity contribution in [2.75, 3.05) is 7.11 Å². The quantitative estimate of drug-likeness (QED) is 0.910. The van der Waals surface area contributed by atoms with E-state index in [0.717, 1.165) is 0 Å². The van der Waals surface area contributed by atoms with Gasteiger partial charge in [0.25, 0.3) is 0 Å². The average molecular weight is 250 g/mol. The van der Waals surface area contributed by atoms with Crippen molar-refractivity contribution < 1.29 is 9.84 Å². The van der Waals surface area contributed by atoms with Gasteiger partial charge in [0.05, 0.1) is 12.1 Å². The Bertz CT molecular complexity index is 502. The molecule has 0 fully saturated rings. The van der Waals surface area contributed by atoms with Crippen LogP contribution >= 0.6 is 11.6 Å². The molecule has 0 bridgehead atoms. The number of methoxy groups -OCH3 is 1. The van der Waals surface area contributed by atoms with E-state index in [4.69, 9.17) is 16.3 Å². The number of pyridine rings is 1. The highest BCUT2D eigenvalue weighted by Crippen LogP contribution is 2.35. The van der Waals surface area contributed by atoms with E-state index < -0.39 is 6.10 Å². The molecule has 0 spiro atoms. The first-order valence-corrected chi connectivity index (χ1v) is 5.52. The lowest BCUT2D eigenvalue weighted by molar-refractivity contribution is 0.214. The SMILES string of the molecule is COc1cccc(Cl)c1C(O)c1cccnc1. The molecule has 0 saturated heterocycles. The predicted molar refractivity (Wildman–Crippen MR) is 66.3 cm³/mol. The Morgan fingerprint density at radius 1 is 1.29 bits per heavy atom. The van der Waals surface area contributed by atoms with Crippen LogP contribution in [-0.2, 0) is 0 Å². The van der Waals surface area contributed by atoms with Crippen LogP contribution in [0, 0.1) is 0 Å². The fourth-order valence-corrected chi connectivity index (χ4v) is 1.93. The molecule has 88 valence electrons. The van der Waals surface area contributed by atoms with Crippen LogP contribution in [0.5, 0.6) is 5.75 Å². The molecule has 0 radical (unpaired) electrons. The van der Waals surface area contributed by atoms with Gasteiger partial charge in [-0.25, -0.2) is 0 Å². The lowest BCUT2D eigenvalue weighted by Gasteiger charge is -2.16. The topological polar surface area (TPSA) is 42.4 Å².